The van der Waals surface area contributed by atoms with Crippen LogP contribution >= 0.6 is 0 Å². The Morgan fingerprint density at radius 2 is 1.80 bits per heavy atom. The van der Waals surface area contributed by atoms with E-state index in [1.165, 1.54) is 45.7 Å². The van der Waals surface area contributed by atoms with Gasteiger partial charge in [0.2, 0.25) is 0 Å². The first-order chi connectivity index (χ1) is 26.6. The van der Waals surface area contributed by atoms with Crippen LogP contribution in [0.5, 0.6) is 11.5 Å². The molecule has 2 atom stereocenters. The molecule has 0 aliphatic carbocycles. The number of nitrogens with zero attached hydrogens (tertiary/aromatic N) is 6. The van der Waals surface area contributed by atoms with Crippen molar-refractivity contribution in [2.24, 2.45) is 9.98 Å². The van der Waals surface area contributed by atoms with E-state index < -0.39 is 50.4 Å². The summed E-state index contributed by atoms with van der Waals surface area (Å²) in [6, 6.07) is 12.2. The summed E-state index contributed by atoms with van der Waals surface area (Å²) in [7, 11) is 3.40. The Bertz CT molecular complexity index is 2020. The molecule has 56 heavy (non-hydrogen) atoms. The summed E-state index contributed by atoms with van der Waals surface area (Å²) < 4.78 is 114. The van der Waals surface area contributed by atoms with Crippen molar-refractivity contribution in [2.45, 2.75) is 61.3 Å². The van der Waals surface area contributed by atoms with Crippen molar-refractivity contribution in [3.63, 3.8) is 0 Å². The Kier molecular flexibility index (Phi) is 13.5. The predicted molar refractivity (Wildman–Crippen MR) is 208 cm³/mol. The quantitative estimate of drug-likeness (QED) is 0.120. The van der Waals surface area contributed by atoms with Crippen molar-refractivity contribution in [3.8, 4) is 11.5 Å². The van der Waals surface area contributed by atoms with E-state index in [0.29, 0.717) is 55.6 Å². The van der Waals surface area contributed by atoms with Crippen molar-refractivity contribution in [3.05, 3.63) is 94.8 Å². The monoisotopic (exact) mass is 804 g/mol. The van der Waals surface area contributed by atoms with Crippen LogP contribution in [0.25, 0.3) is 0 Å². The number of methoxy groups -OCH3 is 2. The fraction of sp³-hybridized carbons (Fsp3) is 0.450. The zero-order chi connectivity index (χ0) is 40.8. The molecular weight excluding hydrogens is 756 g/mol. The SMILES string of the molecule is C=N/C(=C\C=NC)N(Cc1ccc(OC)cc1OC)S(=O)(=O)c1c(F)cc(N2CCC[C@](CCc3cccc(C(F)(F)F)c3)(N(C)[C@@H]3CCN(C)C3)C2)cc1F. The second-order valence-electron chi connectivity index (χ2n) is 14.3. The number of likely N-dealkylation sites (tertiary alicyclic amines) is 1. The van der Waals surface area contributed by atoms with Gasteiger partial charge in [-0.25, -0.2) is 26.5 Å². The molecule has 0 unspecified atom stereocenters. The molecule has 0 aromatic heterocycles. The number of allylic oxidation sites excluding steroid dienone is 1. The molecule has 304 valence electrons. The van der Waals surface area contributed by atoms with Gasteiger partial charge >= 0.3 is 6.18 Å². The Labute approximate surface area is 326 Å². The molecule has 2 aliphatic rings. The Morgan fingerprint density at radius 1 is 1.07 bits per heavy atom. The normalized spacial score (nSPS) is 19.9. The molecule has 2 saturated heterocycles. The summed E-state index contributed by atoms with van der Waals surface area (Å²) >= 11 is 0. The van der Waals surface area contributed by atoms with E-state index in [-0.39, 0.29) is 23.3 Å². The zero-order valence-corrected chi connectivity index (χ0v) is 33.1. The lowest BCUT2D eigenvalue weighted by molar-refractivity contribution is -0.137. The van der Waals surface area contributed by atoms with Gasteiger partial charge in [-0.1, -0.05) is 18.2 Å². The number of aliphatic imine (C=N–C) groups is 2. The minimum atomic E-state index is -4.98. The molecular formula is C40H49F5N6O4S. The average molecular weight is 805 g/mol. The van der Waals surface area contributed by atoms with Gasteiger partial charge in [0.15, 0.2) is 4.90 Å². The number of sulfonamides is 1. The van der Waals surface area contributed by atoms with Crippen LogP contribution in [0, 0.1) is 11.6 Å². The lowest BCUT2D eigenvalue weighted by atomic mass is 9.80. The average Bonchev–Trinajstić information content (AvgIpc) is 3.61. The molecule has 3 aromatic rings. The second kappa shape index (κ2) is 17.7. The number of benzene rings is 3. The van der Waals surface area contributed by atoms with E-state index in [2.05, 4.69) is 26.5 Å². The van der Waals surface area contributed by atoms with Crippen molar-refractivity contribution in [1.82, 2.24) is 14.1 Å². The number of hydrogen-bond acceptors (Lipinski definition) is 9. The minimum absolute atomic E-state index is 0.151. The lowest BCUT2D eigenvalue weighted by Crippen LogP contribution is -2.61. The Balaban J connectivity index is 1.51. The Morgan fingerprint density at radius 3 is 2.41 bits per heavy atom. The molecule has 0 spiro atoms. The van der Waals surface area contributed by atoms with Gasteiger partial charge < -0.3 is 19.3 Å². The number of piperidine rings is 1. The van der Waals surface area contributed by atoms with E-state index in [1.807, 2.05) is 19.0 Å². The first kappa shape index (κ1) is 42.6. The van der Waals surface area contributed by atoms with Crippen LogP contribution in [0.2, 0.25) is 0 Å². The summed E-state index contributed by atoms with van der Waals surface area (Å²) in [5.41, 5.74) is -0.232. The van der Waals surface area contributed by atoms with Gasteiger partial charge in [-0.05, 0) is 101 Å². The van der Waals surface area contributed by atoms with Crippen LogP contribution < -0.4 is 14.4 Å². The minimum Gasteiger partial charge on any atom is -0.497 e. The van der Waals surface area contributed by atoms with E-state index >= 15 is 8.78 Å². The van der Waals surface area contributed by atoms with Crippen molar-refractivity contribution < 1.29 is 39.8 Å². The van der Waals surface area contributed by atoms with Gasteiger partial charge in [-0.3, -0.25) is 9.89 Å². The van der Waals surface area contributed by atoms with Gasteiger partial charge in [0.1, 0.15) is 29.0 Å². The van der Waals surface area contributed by atoms with Gasteiger partial charge in [-0.15, -0.1) is 0 Å². The van der Waals surface area contributed by atoms with Crippen LogP contribution in [0.3, 0.4) is 0 Å². The maximum Gasteiger partial charge on any atom is 0.416 e. The first-order valence-electron chi connectivity index (χ1n) is 18.2. The number of ether oxygens (including phenoxy) is 2. The highest BCUT2D eigenvalue weighted by Gasteiger charge is 2.43. The van der Waals surface area contributed by atoms with Crippen molar-refractivity contribution in [1.29, 1.82) is 0 Å². The number of rotatable bonds is 15. The van der Waals surface area contributed by atoms with Crippen LogP contribution in [0.1, 0.15) is 42.4 Å². The molecule has 0 bridgehead atoms. The number of anilines is 1. The number of aryl methyl sites for hydroxylation is 1. The molecule has 0 amide bonds. The van der Waals surface area contributed by atoms with Crippen LogP contribution in [-0.2, 0) is 29.2 Å². The predicted octanol–water partition coefficient (Wildman–Crippen LogP) is 7.04. The second-order valence-corrected chi connectivity index (χ2v) is 16.1. The summed E-state index contributed by atoms with van der Waals surface area (Å²) in [5, 5.41) is 0. The molecule has 0 radical (unpaired) electrons. The van der Waals surface area contributed by atoms with E-state index in [0.717, 1.165) is 42.0 Å². The number of likely N-dealkylation sites (N-methyl/N-ethyl adjacent to an activating group) is 2. The highest BCUT2D eigenvalue weighted by atomic mass is 32.2. The molecule has 3 aromatic carbocycles. The maximum atomic E-state index is 16.4. The lowest BCUT2D eigenvalue weighted by Gasteiger charge is -2.51. The van der Waals surface area contributed by atoms with Gasteiger partial charge in [-0.2, -0.15) is 13.2 Å². The number of alkyl halides is 3. The van der Waals surface area contributed by atoms with E-state index in [4.69, 9.17) is 9.47 Å². The highest BCUT2D eigenvalue weighted by molar-refractivity contribution is 7.89. The maximum absolute atomic E-state index is 16.4. The fourth-order valence-corrected chi connectivity index (χ4v) is 9.27. The molecule has 2 fully saturated rings. The number of hydrogen-bond donors (Lipinski definition) is 0. The fourth-order valence-electron chi connectivity index (χ4n) is 7.76. The topological polar surface area (TPSA) is 90.3 Å². The summed E-state index contributed by atoms with van der Waals surface area (Å²) in [6.07, 6.45) is 1.16. The summed E-state index contributed by atoms with van der Waals surface area (Å²) in [5.74, 6) is -2.12. The third kappa shape index (κ3) is 9.35. The molecule has 10 nitrogen and oxygen atoms in total. The van der Waals surface area contributed by atoms with Gasteiger partial charge in [0.05, 0.1) is 26.3 Å². The summed E-state index contributed by atoms with van der Waals surface area (Å²) in [4.78, 5) is 12.9. The molecule has 5 rings (SSSR count). The molecule has 0 saturated carbocycles. The van der Waals surface area contributed by atoms with Crippen LogP contribution in [-0.4, -0.2) is 109 Å². The zero-order valence-electron chi connectivity index (χ0n) is 32.3. The smallest absolute Gasteiger partial charge is 0.416 e. The third-order valence-electron chi connectivity index (χ3n) is 10.8. The largest absolute Gasteiger partial charge is 0.497 e. The molecule has 0 N–H and O–H groups in total. The van der Waals surface area contributed by atoms with Crippen molar-refractivity contribution in [2.75, 3.05) is 66.4 Å². The highest BCUT2D eigenvalue weighted by Crippen LogP contribution is 2.39. The van der Waals surface area contributed by atoms with E-state index in [9.17, 15) is 21.6 Å². The van der Waals surface area contributed by atoms with Crippen LogP contribution in [0.4, 0.5) is 27.6 Å². The Hall–Kier alpha value is -4.54. The third-order valence-corrected chi connectivity index (χ3v) is 12.6. The van der Waals surface area contributed by atoms with E-state index in [1.54, 1.807) is 24.3 Å². The van der Waals surface area contributed by atoms with Gasteiger partial charge in [0, 0.05) is 61.8 Å². The van der Waals surface area contributed by atoms with Crippen molar-refractivity contribution >= 4 is 28.6 Å². The summed E-state index contributed by atoms with van der Waals surface area (Å²) in [6.45, 7) is 5.51. The van der Waals surface area contributed by atoms with Crippen LogP contribution in [0.15, 0.2) is 81.4 Å². The first-order valence-corrected chi connectivity index (χ1v) is 19.6. The molecule has 2 aliphatic heterocycles. The number of halogens is 5. The molecule has 16 heteroatoms. The standard InChI is InChI=1S/C40H49F5N6O4S/c1-46-18-14-37(47-2)51(25-29-11-12-33(54-5)24-36(29)55-6)56(52,53)38-34(41)22-32(23-35(38)42)50-19-8-16-39(27-50,49(4)31-15-20-48(3)26-31)17-13-28-9-7-10-30(21-28)40(43,44)45/h7,9-12,14,18,21-24,31H,2,8,13,15-17,19-20,25-27H2,1,3-6H3/b37-14+,46-18?/t31-,39-/m1/s1. The molecule has 2 heterocycles. The van der Waals surface area contributed by atoms with Gasteiger partial charge in [0.25, 0.3) is 10.0 Å².